The van der Waals surface area contributed by atoms with Crippen molar-refractivity contribution >= 4 is 39.2 Å². The molecule has 4 aromatic rings. The average Bonchev–Trinajstić information content (AvgIpc) is 3.20. The molecule has 2 aromatic heterocycles. The van der Waals surface area contributed by atoms with Crippen LogP contribution in [0.4, 0.5) is 5.82 Å². The molecular formula is C24H22ClN3O6S. The second kappa shape index (κ2) is 10.2. The SMILES string of the molecule is CCOC(=O)CNc1c(-c2ccc(OS(=O)(=O)c3ccc(OC)cc3)cc2)nc2ccc(Cl)cn12. The van der Waals surface area contributed by atoms with Crippen LogP contribution < -0.4 is 14.2 Å². The summed E-state index contributed by atoms with van der Waals surface area (Å²) < 4.78 is 42.3. The Hall–Kier alpha value is -3.76. The molecule has 0 radical (unpaired) electrons. The van der Waals surface area contributed by atoms with Crippen LogP contribution in [0.25, 0.3) is 16.9 Å². The van der Waals surface area contributed by atoms with E-state index in [1.807, 2.05) is 0 Å². The number of hydrogen-bond donors (Lipinski definition) is 1. The number of fused-ring (bicyclic) bond motifs is 1. The van der Waals surface area contributed by atoms with Crippen molar-refractivity contribution in [3.63, 3.8) is 0 Å². The third-order valence-electron chi connectivity index (χ3n) is 4.97. The van der Waals surface area contributed by atoms with E-state index in [1.165, 1.54) is 31.4 Å². The molecular weight excluding hydrogens is 494 g/mol. The van der Waals surface area contributed by atoms with Crippen LogP contribution in [0.1, 0.15) is 6.92 Å². The van der Waals surface area contributed by atoms with E-state index in [4.69, 9.17) is 25.3 Å². The van der Waals surface area contributed by atoms with Crippen LogP contribution in [0, 0.1) is 0 Å². The Balaban J connectivity index is 1.61. The van der Waals surface area contributed by atoms with Gasteiger partial charge in [0, 0.05) is 11.8 Å². The molecule has 0 aliphatic carbocycles. The van der Waals surface area contributed by atoms with Gasteiger partial charge in [0.15, 0.2) is 0 Å². The van der Waals surface area contributed by atoms with Crippen molar-refractivity contribution in [2.24, 2.45) is 0 Å². The molecule has 4 rings (SSSR count). The van der Waals surface area contributed by atoms with Gasteiger partial charge < -0.3 is 19.0 Å². The van der Waals surface area contributed by atoms with Crippen molar-refractivity contribution in [3.05, 3.63) is 71.9 Å². The largest absolute Gasteiger partial charge is 0.497 e. The van der Waals surface area contributed by atoms with E-state index in [0.717, 1.165) is 0 Å². The normalized spacial score (nSPS) is 11.3. The fraction of sp³-hybridized carbons (Fsp3) is 0.167. The van der Waals surface area contributed by atoms with Crippen molar-refractivity contribution < 1.29 is 26.9 Å². The summed E-state index contributed by atoms with van der Waals surface area (Å²) in [6.45, 7) is 1.94. The van der Waals surface area contributed by atoms with Crippen LogP contribution in [0.3, 0.4) is 0 Å². The molecule has 1 N–H and O–H groups in total. The molecule has 11 heteroatoms. The summed E-state index contributed by atoms with van der Waals surface area (Å²) in [5.74, 6) is 0.796. The lowest BCUT2D eigenvalue weighted by atomic mass is 10.1. The number of benzene rings is 2. The van der Waals surface area contributed by atoms with Gasteiger partial charge in [-0.3, -0.25) is 9.20 Å². The van der Waals surface area contributed by atoms with Crippen LogP contribution in [0.15, 0.2) is 71.8 Å². The number of imidazole rings is 1. The number of esters is 1. The lowest BCUT2D eigenvalue weighted by Crippen LogP contribution is -2.17. The number of halogens is 1. The van der Waals surface area contributed by atoms with Crippen molar-refractivity contribution in [1.82, 2.24) is 9.38 Å². The summed E-state index contributed by atoms with van der Waals surface area (Å²) in [4.78, 5) is 16.5. The fourth-order valence-corrected chi connectivity index (χ4v) is 4.43. The van der Waals surface area contributed by atoms with Gasteiger partial charge in [-0.15, -0.1) is 0 Å². The van der Waals surface area contributed by atoms with Crippen LogP contribution in [-0.2, 0) is 19.6 Å². The van der Waals surface area contributed by atoms with Gasteiger partial charge in [0.2, 0.25) is 0 Å². The third kappa shape index (κ3) is 5.50. The fourth-order valence-electron chi connectivity index (χ4n) is 3.34. The van der Waals surface area contributed by atoms with E-state index >= 15 is 0 Å². The first kappa shape index (κ1) is 24.4. The van der Waals surface area contributed by atoms with Gasteiger partial charge in [0.1, 0.15) is 40.1 Å². The molecule has 9 nitrogen and oxygen atoms in total. The molecule has 0 saturated heterocycles. The number of nitrogens with zero attached hydrogens (tertiary/aromatic N) is 2. The van der Waals surface area contributed by atoms with Crippen LogP contribution in [-0.4, -0.2) is 44.0 Å². The quantitative estimate of drug-likeness (QED) is 0.258. The summed E-state index contributed by atoms with van der Waals surface area (Å²) in [5.41, 5.74) is 1.82. The zero-order valence-electron chi connectivity index (χ0n) is 18.9. The number of nitrogens with one attached hydrogen (secondary N) is 1. The first-order valence-corrected chi connectivity index (χ1v) is 12.4. The van der Waals surface area contributed by atoms with Gasteiger partial charge in [-0.25, -0.2) is 4.98 Å². The number of hydrogen-bond acceptors (Lipinski definition) is 8. The second-order valence-electron chi connectivity index (χ2n) is 7.28. The molecule has 0 unspecified atom stereocenters. The predicted molar refractivity (Wildman–Crippen MR) is 132 cm³/mol. The highest BCUT2D eigenvalue weighted by Crippen LogP contribution is 2.31. The summed E-state index contributed by atoms with van der Waals surface area (Å²) in [7, 11) is -2.53. The number of ether oxygens (including phenoxy) is 2. The molecule has 35 heavy (non-hydrogen) atoms. The highest BCUT2D eigenvalue weighted by atomic mass is 35.5. The molecule has 2 heterocycles. The van der Waals surface area contributed by atoms with E-state index in [2.05, 4.69) is 10.3 Å². The summed E-state index contributed by atoms with van der Waals surface area (Å²) in [6.07, 6.45) is 1.68. The minimum Gasteiger partial charge on any atom is -0.497 e. The van der Waals surface area contributed by atoms with Crippen molar-refractivity contribution in [2.45, 2.75) is 11.8 Å². The maximum atomic E-state index is 12.6. The zero-order chi connectivity index (χ0) is 25.0. The van der Waals surface area contributed by atoms with Crippen molar-refractivity contribution in [2.75, 3.05) is 25.6 Å². The number of rotatable bonds is 9. The number of aromatic nitrogens is 2. The Kier molecular flexibility index (Phi) is 7.13. The minimum atomic E-state index is -4.03. The topological polar surface area (TPSA) is 108 Å². The Bertz CT molecular complexity index is 1450. The van der Waals surface area contributed by atoms with E-state index in [9.17, 15) is 13.2 Å². The first-order valence-electron chi connectivity index (χ1n) is 10.6. The van der Waals surface area contributed by atoms with Gasteiger partial charge in [-0.05, 0) is 67.6 Å². The van der Waals surface area contributed by atoms with Gasteiger partial charge in [0.25, 0.3) is 0 Å². The smallest absolute Gasteiger partial charge is 0.339 e. The highest BCUT2D eigenvalue weighted by molar-refractivity contribution is 7.87. The maximum absolute atomic E-state index is 12.6. The Labute approximate surface area is 207 Å². The second-order valence-corrected chi connectivity index (χ2v) is 9.26. The number of carbonyl (C=O) groups is 1. The van der Waals surface area contributed by atoms with Crippen LogP contribution in [0.5, 0.6) is 11.5 Å². The standard InChI is InChI=1S/C24H22ClN3O6S/c1-3-33-22(29)14-26-24-23(27-21-13-6-17(25)15-28(21)24)16-4-7-19(8-5-16)34-35(30,31)20-11-9-18(32-2)10-12-20/h4-13,15,26H,3,14H2,1-2H3. The summed E-state index contributed by atoms with van der Waals surface area (Å²) in [5, 5.41) is 3.55. The molecule has 0 bridgehead atoms. The highest BCUT2D eigenvalue weighted by Gasteiger charge is 2.19. The molecule has 0 saturated carbocycles. The first-order chi connectivity index (χ1) is 16.8. The number of pyridine rings is 1. The van der Waals surface area contributed by atoms with E-state index in [0.29, 0.717) is 33.5 Å². The van der Waals surface area contributed by atoms with Crippen molar-refractivity contribution in [3.8, 4) is 22.8 Å². The molecule has 0 spiro atoms. The van der Waals surface area contributed by atoms with Gasteiger partial charge in [0.05, 0.1) is 18.7 Å². The lowest BCUT2D eigenvalue weighted by Gasteiger charge is -2.10. The Morgan fingerprint density at radius 3 is 2.37 bits per heavy atom. The molecule has 2 aromatic carbocycles. The monoisotopic (exact) mass is 515 g/mol. The molecule has 182 valence electrons. The molecule has 0 amide bonds. The maximum Gasteiger partial charge on any atom is 0.339 e. The zero-order valence-corrected chi connectivity index (χ0v) is 20.5. The Morgan fingerprint density at radius 2 is 1.71 bits per heavy atom. The van der Waals surface area contributed by atoms with E-state index in [1.54, 1.807) is 53.9 Å². The summed E-state index contributed by atoms with van der Waals surface area (Å²) >= 11 is 6.16. The van der Waals surface area contributed by atoms with E-state index in [-0.39, 0.29) is 23.8 Å². The third-order valence-corrected chi connectivity index (χ3v) is 6.45. The molecule has 0 aliphatic heterocycles. The molecule has 0 aliphatic rings. The van der Waals surface area contributed by atoms with Gasteiger partial charge in [-0.1, -0.05) is 11.6 Å². The predicted octanol–water partition coefficient (Wildman–Crippen LogP) is 4.41. The lowest BCUT2D eigenvalue weighted by molar-refractivity contribution is -0.140. The van der Waals surface area contributed by atoms with Crippen molar-refractivity contribution in [1.29, 1.82) is 0 Å². The van der Waals surface area contributed by atoms with Gasteiger partial charge in [-0.2, -0.15) is 8.42 Å². The van der Waals surface area contributed by atoms with Gasteiger partial charge >= 0.3 is 16.1 Å². The average molecular weight is 516 g/mol. The Morgan fingerprint density at radius 1 is 1.03 bits per heavy atom. The van der Waals surface area contributed by atoms with Crippen LogP contribution >= 0.6 is 11.6 Å². The molecule has 0 atom stereocenters. The molecule has 0 fully saturated rings. The van der Waals surface area contributed by atoms with E-state index < -0.39 is 16.1 Å². The number of anilines is 1. The van der Waals surface area contributed by atoms with Crippen LogP contribution in [0.2, 0.25) is 5.02 Å². The summed E-state index contributed by atoms with van der Waals surface area (Å²) in [6, 6.07) is 15.8. The minimum absolute atomic E-state index is 0.00468. The number of carbonyl (C=O) groups excluding carboxylic acids is 1. The number of methoxy groups -OCH3 is 1.